The molecule has 0 bridgehead atoms. The van der Waals surface area contributed by atoms with Crippen molar-refractivity contribution in [1.29, 1.82) is 5.26 Å². The number of benzene rings is 7. The molecule has 7 aromatic carbocycles. The van der Waals surface area contributed by atoms with Gasteiger partial charge in [-0.15, -0.1) is 0 Å². The molecular weight excluding hydrogens is 601 g/mol. The maximum Gasteiger partial charge on any atom is 0.119 e. The first-order chi connectivity index (χ1) is 24.2. The molecule has 0 amide bonds. The minimum Gasteiger partial charge on any atom is -0.494 e. The Hall–Kier alpha value is -5.66. The smallest absolute Gasteiger partial charge is 0.119 e. The van der Waals surface area contributed by atoms with E-state index in [4.69, 9.17) is 19.7 Å². The van der Waals surface area contributed by atoms with Crippen molar-refractivity contribution in [3.05, 3.63) is 139 Å². The Morgan fingerprint density at radius 2 is 1.02 bits per heavy atom. The highest BCUT2D eigenvalue weighted by atomic mass is 16.5. The molecule has 0 atom stereocenters. The molecule has 0 saturated heterocycles. The van der Waals surface area contributed by atoms with Gasteiger partial charge in [-0.25, -0.2) is 0 Å². The normalized spacial score (nSPS) is 11.5. The fourth-order valence-corrected chi connectivity index (χ4v) is 6.58. The maximum absolute atomic E-state index is 8.97. The monoisotopic (exact) mass is 640 g/mol. The Morgan fingerprint density at radius 1 is 0.510 bits per heavy atom. The average Bonchev–Trinajstić information content (AvgIpc) is 3.16. The van der Waals surface area contributed by atoms with Crippen LogP contribution in [0, 0.1) is 11.3 Å². The summed E-state index contributed by atoms with van der Waals surface area (Å²) in [7, 11) is 0. The van der Waals surface area contributed by atoms with Gasteiger partial charge in [-0.3, -0.25) is 4.99 Å². The predicted molar refractivity (Wildman–Crippen MR) is 204 cm³/mol. The quantitative estimate of drug-likeness (QED) is 0.0636. The van der Waals surface area contributed by atoms with Crippen LogP contribution < -0.4 is 9.47 Å². The van der Waals surface area contributed by atoms with Crippen molar-refractivity contribution in [2.45, 2.75) is 44.9 Å². The minimum absolute atomic E-state index is 0.676. The summed E-state index contributed by atoms with van der Waals surface area (Å²) in [5.74, 6) is 1.81. The Bertz CT molecular complexity index is 2180. The molecule has 0 spiro atoms. The number of hydrogen-bond acceptors (Lipinski definition) is 4. The van der Waals surface area contributed by atoms with Crippen LogP contribution in [0.15, 0.2) is 132 Å². The first-order valence-corrected chi connectivity index (χ1v) is 17.4. The van der Waals surface area contributed by atoms with Crippen LogP contribution in [0.25, 0.3) is 43.4 Å². The zero-order valence-corrected chi connectivity index (χ0v) is 27.8. The molecule has 0 unspecified atom stereocenters. The number of hydrogen-bond donors (Lipinski definition) is 0. The summed E-state index contributed by atoms with van der Waals surface area (Å²) in [4.78, 5) is 4.89. The SMILES string of the molecule is N#Cc1ccc(-c2ccc(OCCCCCCCCCOc3ccc(C=Nc4ccc5ccc6cccc7ccc4c5c67)cc3)cc2)cc1. The number of rotatable bonds is 15. The van der Waals surface area contributed by atoms with E-state index < -0.39 is 0 Å². The Morgan fingerprint density at radius 3 is 1.63 bits per heavy atom. The topological polar surface area (TPSA) is 54.6 Å². The maximum atomic E-state index is 8.97. The van der Waals surface area contributed by atoms with Crippen LogP contribution in [-0.4, -0.2) is 19.4 Å². The highest BCUT2D eigenvalue weighted by molar-refractivity contribution is 6.25. The summed E-state index contributed by atoms with van der Waals surface area (Å²) >= 11 is 0. The van der Waals surface area contributed by atoms with Gasteiger partial charge in [0.05, 0.1) is 30.5 Å². The number of unbranched alkanes of at least 4 members (excludes halogenated alkanes) is 6. The fraction of sp³-hybridized carbons (Fsp3) is 0.200. The third-order valence-electron chi connectivity index (χ3n) is 9.27. The molecule has 0 aliphatic carbocycles. The molecule has 0 fully saturated rings. The van der Waals surface area contributed by atoms with Gasteiger partial charge in [0.25, 0.3) is 0 Å². The second-order valence-corrected chi connectivity index (χ2v) is 12.7. The summed E-state index contributed by atoms with van der Waals surface area (Å²) in [6.45, 7) is 1.49. The molecule has 7 rings (SSSR count). The van der Waals surface area contributed by atoms with E-state index in [0.717, 1.165) is 59.9 Å². The van der Waals surface area contributed by atoms with Gasteiger partial charge in [-0.05, 0) is 111 Å². The molecule has 7 aromatic rings. The molecule has 0 N–H and O–H groups in total. The first-order valence-electron chi connectivity index (χ1n) is 17.4. The molecule has 4 heteroatoms. The van der Waals surface area contributed by atoms with Crippen molar-refractivity contribution in [3.8, 4) is 28.7 Å². The van der Waals surface area contributed by atoms with E-state index in [1.165, 1.54) is 64.4 Å². The summed E-state index contributed by atoms with van der Waals surface area (Å²) in [6, 6.07) is 45.8. The van der Waals surface area contributed by atoms with E-state index in [9.17, 15) is 0 Å². The lowest BCUT2D eigenvalue weighted by Crippen LogP contribution is -1.98. The van der Waals surface area contributed by atoms with Gasteiger partial charge in [-0.2, -0.15) is 5.26 Å². The summed E-state index contributed by atoms with van der Waals surface area (Å²) in [5.41, 5.74) is 4.95. The number of nitrogens with zero attached hydrogens (tertiary/aromatic N) is 2. The van der Waals surface area contributed by atoms with Crippen molar-refractivity contribution >= 4 is 44.2 Å². The third kappa shape index (κ3) is 7.74. The number of ether oxygens (including phenoxy) is 2. The standard InChI is InChI=1S/C45H40N2O2/c46-31-33-11-15-35(16-12-33)36-19-25-41(26-20-36)49-30-7-5-3-1-2-4-6-29-48-40-23-13-34(14-24-40)32-47-43-28-22-39-18-17-37-9-8-10-38-21-27-42(43)45(39)44(37)38/h8-28,32H,1-7,29-30H2. The van der Waals surface area contributed by atoms with E-state index in [0.29, 0.717) is 5.56 Å². The summed E-state index contributed by atoms with van der Waals surface area (Å²) < 4.78 is 12.0. The predicted octanol–water partition coefficient (Wildman–Crippen LogP) is 12.1. The van der Waals surface area contributed by atoms with Crippen molar-refractivity contribution in [2.75, 3.05) is 13.2 Å². The molecule has 4 nitrogen and oxygen atoms in total. The van der Waals surface area contributed by atoms with E-state index in [-0.39, 0.29) is 0 Å². The minimum atomic E-state index is 0.676. The first kappa shape index (κ1) is 31.9. The van der Waals surface area contributed by atoms with Gasteiger partial charge < -0.3 is 9.47 Å². The second-order valence-electron chi connectivity index (χ2n) is 12.7. The van der Waals surface area contributed by atoms with Gasteiger partial charge in [0, 0.05) is 11.6 Å². The largest absolute Gasteiger partial charge is 0.494 e. The van der Waals surface area contributed by atoms with Crippen LogP contribution >= 0.6 is 0 Å². The molecule has 242 valence electrons. The van der Waals surface area contributed by atoms with E-state index in [1.807, 2.05) is 54.7 Å². The fourth-order valence-electron chi connectivity index (χ4n) is 6.58. The zero-order chi connectivity index (χ0) is 33.3. The average molecular weight is 641 g/mol. The molecule has 0 radical (unpaired) electrons. The van der Waals surface area contributed by atoms with Crippen LogP contribution in [0.3, 0.4) is 0 Å². The second kappa shape index (κ2) is 15.5. The van der Waals surface area contributed by atoms with Gasteiger partial charge in [-0.1, -0.05) is 105 Å². The van der Waals surface area contributed by atoms with Crippen LogP contribution in [0.2, 0.25) is 0 Å². The van der Waals surface area contributed by atoms with Crippen molar-refractivity contribution < 1.29 is 9.47 Å². The zero-order valence-electron chi connectivity index (χ0n) is 27.8. The van der Waals surface area contributed by atoms with E-state index in [2.05, 4.69) is 84.9 Å². The van der Waals surface area contributed by atoms with Crippen molar-refractivity contribution in [3.63, 3.8) is 0 Å². The molecular formula is C45H40N2O2. The Balaban J connectivity index is 0.774. The summed E-state index contributed by atoms with van der Waals surface area (Å²) in [5, 5.41) is 16.6. The Labute approximate surface area is 288 Å². The summed E-state index contributed by atoms with van der Waals surface area (Å²) in [6.07, 6.45) is 10.2. The lowest BCUT2D eigenvalue weighted by molar-refractivity contribution is 0.299. The van der Waals surface area contributed by atoms with Gasteiger partial charge in [0.1, 0.15) is 11.5 Å². The molecule has 0 heterocycles. The highest BCUT2D eigenvalue weighted by Gasteiger charge is 2.10. The third-order valence-corrected chi connectivity index (χ3v) is 9.27. The van der Waals surface area contributed by atoms with Crippen molar-refractivity contribution in [2.24, 2.45) is 4.99 Å². The molecule has 0 aliphatic rings. The van der Waals surface area contributed by atoms with Crippen LogP contribution in [0.5, 0.6) is 11.5 Å². The van der Waals surface area contributed by atoms with Gasteiger partial charge in [0.2, 0.25) is 0 Å². The van der Waals surface area contributed by atoms with E-state index in [1.54, 1.807) is 0 Å². The molecule has 0 aliphatic heterocycles. The van der Waals surface area contributed by atoms with E-state index >= 15 is 0 Å². The lowest BCUT2D eigenvalue weighted by atomic mass is 9.93. The lowest BCUT2D eigenvalue weighted by Gasteiger charge is -2.12. The van der Waals surface area contributed by atoms with Crippen LogP contribution in [0.1, 0.15) is 56.1 Å². The van der Waals surface area contributed by atoms with Crippen molar-refractivity contribution in [1.82, 2.24) is 0 Å². The molecule has 0 saturated carbocycles. The van der Waals surface area contributed by atoms with Crippen LogP contribution in [-0.2, 0) is 0 Å². The number of aliphatic imine (C=N–C) groups is 1. The van der Waals surface area contributed by atoms with Crippen LogP contribution in [0.4, 0.5) is 5.69 Å². The molecule has 49 heavy (non-hydrogen) atoms. The van der Waals surface area contributed by atoms with Gasteiger partial charge in [0.15, 0.2) is 0 Å². The number of nitriles is 1. The molecule has 0 aromatic heterocycles. The van der Waals surface area contributed by atoms with Gasteiger partial charge >= 0.3 is 0 Å². The highest BCUT2D eigenvalue weighted by Crippen LogP contribution is 2.38. The Kier molecular flexibility index (Phi) is 10.1.